The van der Waals surface area contributed by atoms with Crippen molar-refractivity contribution >= 4 is 17.7 Å². The summed E-state index contributed by atoms with van der Waals surface area (Å²) in [7, 11) is 0. The summed E-state index contributed by atoms with van der Waals surface area (Å²) in [5.74, 6) is -3.45. The van der Waals surface area contributed by atoms with E-state index in [1.807, 2.05) is 12.1 Å². The van der Waals surface area contributed by atoms with Crippen LogP contribution in [0.3, 0.4) is 0 Å². The number of ether oxygens (including phenoxy) is 1. The third kappa shape index (κ3) is 6.83. The van der Waals surface area contributed by atoms with Gasteiger partial charge >= 0.3 is 11.9 Å². The van der Waals surface area contributed by atoms with E-state index in [2.05, 4.69) is 22.0 Å². The molecule has 2 atom stereocenters. The molecule has 2 aromatic rings. The first-order chi connectivity index (χ1) is 16.8. The van der Waals surface area contributed by atoms with Gasteiger partial charge in [-0.2, -0.15) is 0 Å². The maximum Gasteiger partial charge on any atom is 0.414 e. The van der Waals surface area contributed by atoms with E-state index in [9.17, 15) is 14.3 Å². The van der Waals surface area contributed by atoms with E-state index in [0.717, 1.165) is 32.4 Å². The van der Waals surface area contributed by atoms with Gasteiger partial charge in [-0.05, 0) is 55.6 Å². The van der Waals surface area contributed by atoms with Gasteiger partial charge in [0.1, 0.15) is 24.7 Å². The summed E-state index contributed by atoms with van der Waals surface area (Å²) < 4.78 is 17.8. The molecule has 1 fully saturated rings. The summed E-state index contributed by atoms with van der Waals surface area (Å²) in [5.41, 5.74) is 2.84. The number of rotatable bonds is 6. The first-order valence-corrected chi connectivity index (χ1v) is 11.4. The number of carbonyl (C=O) groups excluding carboxylic acids is 1. The molecule has 2 unspecified atom stereocenters. The summed E-state index contributed by atoms with van der Waals surface area (Å²) in [4.78, 5) is 37.7. The fraction of sp³-hybridized carbons (Fsp3) is 0.440. The molecule has 1 saturated heterocycles. The summed E-state index contributed by atoms with van der Waals surface area (Å²) in [6.45, 7) is 0.862. The van der Waals surface area contributed by atoms with E-state index < -0.39 is 18.6 Å². The average molecular weight is 489 g/mol. The number of Topliss-reactive ketones (excluding diaryl/α,β-unsaturated/α-hetero) is 1. The number of pyridine rings is 1. The highest BCUT2D eigenvalue weighted by Crippen LogP contribution is 2.30. The molecule has 188 valence electrons. The highest BCUT2D eigenvalue weighted by atomic mass is 19.1. The normalized spacial score (nSPS) is 20.2. The number of aromatic nitrogens is 1. The Morgan fingerprint density at radius 1 is 1.00 bits per heavy atom. The third-order valence-electron chi connectivity index (χ3n) is 6.31. The van der Waals surface area contributed by atoms with Crippen molar-refractivity contribution in [3.8, 4) is 5.75 Å². The largest absolute Gasteiger partial charge is 0.488 e. The Labute approximate surface area is 202 Å². The predicted molar refractivity (Wildman–Crippen MR) is 123 cm³/mol. The monoisotopic (exact) mass is 488 g/mol. The fourth-order valence-corrected chi connectivity index (χ4v) is 4.58. The highest BCUT2D eigenvalue weighted by molar-refractivity contribution is 6.27. The number of fused-ring (bicyclic) bond motifs is 1. The quantitative estimate of drug-likeness (QED) is 0.412. The number of likely N-dealkylation sites (tertiary alicyclic amines) is 1. The minimum Gasteiger partial charge on any atom is -0.488 e. The van der Waals surface area contributed by atoms with Crippen LogP contribution in [0.2, 0.25) is 0 Å². The number of piperidine rings is 1. The van der Waals surface area contributed by atoms with Gasteiger partial charge in [0.25, 0.3) is 0 Å². The molecule has 2 heterocycles. The van der Waals surface area contributed by atoms with Crippen LogP contribution in [0, 0.1) is 5.92 Å². The highest BCUT2D eigenvalue weighted by Gasteiger charge is 2.35. The van der Waals surface area contributed by atoms with Gasteiger partial charge < -0.3 is 20.1 Å². The van der Waals surface area contributed by atoms with Crippen molar-refractivity contribution in [3.05, 3.63) is 59.4 Å². The lowest BCUT2D eigenvalue weighted by atomic mass is 9.83. The van der Waals surface area contributed by atoms with Gasteiger partial charge in [-0.3, -0.25) is 9.69 Å². The first-order valence-electron chi connectivity index (χ1n) is 11.4. The zero-order chi connectivity index (χ0) is 25.4. The van der Waals surface area contributed by atoms with E-state index in [1.54, 1.807) is 18.3 Å². The van der Waals surface area contributed by atoms with Crippen molar-refractivity contribution in [2.45, 2.75) is 37.8 Å². The molecule has 1 aromatic heterocycles. The number of carbonyl (C=O) groups is 3. The summed E-state index contributed by atoms with van der Waals surface area (Å²) in [5, 5.41) is 25.5. The lowest BCUT2D eigenvalue weighted by Crippen LogP contribution is -2.51. The maximum atomic E-state index is 13.0. The van der Waals surface area contributed by atoms with E-state index in [-0.39, 0.29) is 30.5 Å². The number of alkyl halides is 1. The molecule has 1 aliphatic heterocycles. The standard InChI is InChI=1S/C23H27FN2O3.C2H2O4/c24-9-13-29-21-6-3-10-25-22(21)23(28)16-7-11-26(12-8-16)19-14-17-4-1-2-5-18(17)15-20(19)27;3-1(4)2(5)6/h1-6,10,16,19-20,27H,7-9,11-15H2;(H,3,4)(H,5,6). The molecule has 35 heavy (non-hydrogen) atoms. The average Bonchev–Trinajstić information content (AvgIpc) is 2.87. The molecule has 3 N–H and O–H groups in total. The van der Waals surface area contributed by atoms with Crippen LogP contribution in [-0.2, 0) is 22.4 Å². The van der Waals surface area contributed by atoms with Gasteiger partial charge in [0.15, 0.2) is 5.78 Å². The van der Waals surface area contributed by atoms with Crippen LogP contribution >= 0.6 is 0 Å². The second-order valence-corrected chi connectivity index (χ2v) is 8.48. The minimum atomic E-state index is -1.82. The van der Waals surface area contributed by atoms with Gasteiger partial charge in [0, 0.05) is 24.6 Å². The molecule has 1 aromatic carbocycles. The molecular weight excluding hydrogens is 459 g/mol. The van der Waals surface area contributed by atoms with Crippen LogP contribution in [0.15, 0.2) is 42.6 Å². The molecule has 0 saturated carbocycles. The number of hydrogen-bond acceptors (Lipinski definition) is 7. The van der Waals surface area contributed by atoms with Crippen molar-refractivity contribution in [1.82, 2.24) is 9.88 Å². The van der Waals surface area contributed by atoms with Crippen LogP contribution in [0.4, 0.5) is 4.39 Å². The predicted octanol–water partition coefficient (Wildman–Crippen LogP) is 2.01. The molecule has 0 spiro atoms. The lowest BCUT2D eigenvalue weighted by Gasteiger charge is -2.41. The Morgan fingerprint density at radius 3 is 2.23 bits per heavy atom. The molecule has 0 amide bonds. The van der Waals surface area contributed by atoms with Crippen molar-refractivity contribution < 1.29 is 38.8 Å². The summed E-state index contributed by atoms with van der Waals surface area (Å²) >= 11 is 0. The molecule has 0 bridgehead atoms. The van der Waals surface area contributed by atoms with Gasteiger partial charge in [-0.15, -0.1) is 0 Å². The van der Waals surface area contributed by atoms with Crippen molar-refractivity contribution in [3.63, 3.8) is 0 Å². The number of nitrogens with zero attached hydrogens (tertiary/aromatic N) is 2. The first kappa shape index (κ1) is 26.2. The lowest BCUT2D eigenvalue weighted by molar-refractivity contribution is -0.159. The second-order valence-electron chi connectivity index (χ2n) is 8.48. The fourth-order valence-electron chi connectivity index (χ4n) is 4.58. The Hall–Kier alpha value is -3.37. The molecule has 4 rings (SSSR count). The van der Waals surface area contributed by atoms with Crippen LogP contribution < -0.4 is 4.74 Å². The van der Waals surface area contributed by atoms with Crippen LogP contribution in [0.1, 0.15) is 34.5 Å². The van der Waals surface area contributed by atoms with E-state index >= 15 is 0 Å². The topological polar surface area (TPSA) is 137 Å². The van der Waals surface area contributed by atoms with Crippen LogP contribution in [0.5, 0.6) is 5.75 Å². The Bertz CT molecular complexity index is 1030. The molecule has 0 radical (unpaired) electrons. The number of carboxylic acids is 2. The number of ketones is 1. The Morgan fingerprint density at radius 2 is 1.63 bits per heavy atom. The van der Waals surface area contributed by atoms with Crippen molar-refractivity contribution in [2.24, 2.45) is 5.92 Å². The number of benzene rings is 1. The molecule has 10 heteroatoms. The molecule has 2 aliphatic rings. The number of aliphatic hydroxyl groups excluding tert-OH is 1. The van der Waals surface area contributed by atoms with Gasteiger partial charge in [-0.1, -0.05) is 24.3 Å². The third-order valence-corrected chi connectivity index (χ3v) is 6.31. The van der Waals surface area contributed by atoms with Gasteiger partial charge in [-0.25, -0.2) is 19.0 Å². The van der Waals surface area contributed by atoms with Gasteiger partial charge in [0.05, 0.1) is 6.10 Å². The Balaban J connectivity index is 0.000000509. The number of aliphatic hydroxyl groups is 1. The number of halogens is 1. The smallest absolute Gasteiger partial charge is 0.414 e. The van der Waals surface area contributed by atoms with E-state index in [0.29, 0.717) is 17.9 Å². The maximum absolute atomic E-state index is 13.0. The number of carboxylic acid groups (broad SMARTS) is 2. The van der Waals surface area contributed by atoms with Crippen LogP contribution in [-0.4, -0.2) is 81.4 Å². The molecular formula is C25H29FN2O7. The summed E-state index contributed by atoms with van der Waals surface area (Å²) in [6.07, 6.45) is 4.17. The van der Waals surface area contributed by atoms with E-state index in [1.165, 1.54) is 11.1 Å². The number of aliphatic carboxylic acids is 2. The second kappa shape index (κ2) is 12.4. The molecule has 9 nitrogen and oxygen atoms in total. The molecule has 1 aliphatic carbocycles. The van der Waals surface area contributed by atoms with Crippen molar-refractivity contribution in [2.75, 3.05) is 26.4 Å². The Kier molecular flexibility index (Phi) is 9.27. The van der Waals surface area contributed by atoms with Crippen LogP contribution in [0.25, 0.3) is 0 Å². The van der Waals surface area contributed by atoms with Gasteiger partial charge in [0.2, 0.25) is 0 Å². The van der Waals surface area contributed by atoms with E-state index in [4.69, 9.17) is 24.5 Å². The minimum absolute atomic E-state index is 0.0337. The zero-order valence-corrected chi connectivity index (χ0v) is 19.2. The summed E-state index contributed by atoms with van der Waals surface area (Å²) in [6, 6.07) is 11.8. The number of hydrogen-bond donors (Lipinski definition) is 3. The van der Waals surface area contributed by atoms with Crippen molar-refractivity contribution in [1.29, 1.82) is 0 Å². The zero-order valence-electron chi connectivity index (χ0n) is 19.2. The SMILES string of the molecule is O=C(O)C(=O)O.O=C(c1ncccc1OCCF)C1CCN(C2Cc3ccccc3CC2O)CC1.